The number of thiophene rings is 1. The number of nitrogens with one attached hydrogen (secondary N) is 1. The number of methoxy groups -OCH3 is 1. The molecule has 0 atom stereocenters. The highest BCUT2D eigenvalue weighted by Gasteiger charge is 2.13. The summed E-state index contributed by atoms with van der Waals surface area (Å²) in [7, 11) is 1.62. The fraction of sp³-hybridized carbons (Fsp3) is 0.136. The van der Waals surface area contributed by atoms with Gasteiger partial charge in [-0.1, -0.05) is 41.6 Å². The largest absolute Gasteiger partial charge is 0.497 e. The molecule has 146 valence electrons. The summed E-state index contributed by atoms with van der Waals surface area (Å²) in [6.45, 7) is 0. The number of aromatic nitrogens is 2. The van der Waals surface area contributed by atoms with Crippen LogP contribution in [0.4, 0.5) is 5.69 Å². The first-order valence-electron chi connectivity index (χ1n) is 9.08. The van der Waals surface area contributed by atoms with E-state index >= 15 is 0 Å². The molecule has 2 heterocycles. The number of amides is 1. The first kappa shape index (κ1) is 18.9. The van der Waals surface area contributed by atoms with E-state index in [1.807, 2.05) is 66.0 Å². The second kappa shape index (κ2) is 8.70. The second-order valence-corrected chi connectivity index (χ2v) is 7.34. The Morgan fingerprint density at radius 2 is 1.93 bits per heavy atom. The van der Waals surface area contributed by atoms with Gasteiger partial charge < -0.3 is 14.6 Å². The minimum Gasteiger partial charge on any atom is -0.497 e. The van der Waals surface area contributed by atoms with Gasteiger partial charge in [0.1, 0.15) is 5.75 Å². The molecule has 0 saturated heterocycles. The number of ether oxygens (including phenoxy) is 1. The van der Waals surface area contributed by atoms with Crippen molar-refractivity contribution in [2.75, 3.05) is 12.4 Å². The molecule has 1 N–H and O–H groups in total. The van der Waals surface area contributed by atoms with Gasteiger partial charge in [-0.15, -0.1) is 11.3 Å². The van der Waals surface area contributed by atoms with Gasteiger partial charge >= 0.3 is 0 Å². The Hall–Kier alpha value is -3.45. The van der Waals surface area contributed by atoms with Gasteiger partial charge in [-0.2, -0.15) is 4.98 Å². The third-order valence-electron chi connectivity index (χ3n) is 4.37. The quantitative estimate of drug-likeness (QED) is 0.487. The van der Waals surface area contributed by atoms with Gasteiger partial charge in [0.05, 0.1) is 24.8 Å². The molecular formula is C22H19N3O3S. The molecule has 4 aromatic rings. The maximum absolute atomic E-state index is 12.5. The standard InChI is InChI=1S/C22H19N3O3S/c1-27-17-10-8-15(9-11-17)13-20(26)23-18-6-3-2-5-16(18)14-21-24-22(25-28-21)19-7-4-12-29-19/h2-12H,13-14H2,1H3,(H,23,26). The first-order valence-corrected chi connectivity index (χ1v) is 9.96. The monoisotopic (exact) mass is 405 g/mol. The Morgan fingerprint density at radius 1 is 1.10 bits per heavy atom. The highest BCUT2D eigenvalue weighted by Crippen LogP contribution is 2.24. The Balaban J connectivity index is 1.44. The smallest absolute Gasteiger partial charge is 0.231 e. The fourth-order valence-electron chi connectivity index (χ4n) is 2.92. The van der Waals surface area contributed by atoms with Crippen LogP contribution in [0.15, 0.2) is 70.6 Å². The van der Waals surface area contributed by atoms with Gasteiger partial charge in [0, 0.05) is 5.69 Å². The second-order valence-electron chi connectivity index (χ2n) is 6.40. The molecule has 29 heavy (non-hydrogen) atoms. The van der Waals surface area contributed by atoms with Gasteiger partial charge in [0.2, 0.25) is 17.6 Å². The first-order chi connectivity index (χ1) is 14.2. The highest BCUT2D eigenvalue weighted by molar-refractivity contribution is 7.13. The highest BCUT2D eigenvalue weighted by atomic mass is 32.1. The molecule has 2 aromatic heterocycles. The molecule has 0 aliphatic heterocycles. The third kappa shape index (κ3) is 4.70. The zero-order valence-corrected chi connectivity index (χ0v) is 16.6. The lowest BCUT2D eigenvalue weighted by molar-refractivity contribution is -0.115. The van der Waals surface area contributed by atoms with Crippen molar-refractivity contribution in [1.29, 1.82) is 0 Å². The number of hydrogen-bond donors (Lipinski definition) is 1. The lowest BCUT2D eigenvalue weighted by Crippen LogP contribution is -2.15. The summed E-state index contributed by atoms with van der Waals surface area (Å²) in [6.07, 6.45) is 0.721. The van der Waals surface area contributed by atoms with Crippen LogP contribution in [0.2, 0.25) is 0 Å². The maximum atomic E-state index is 12.5. The van der Waals surface area contributed by atoms with E-state index in [1.165, 1.54) is 0 Å². The Kier molecular flexibility index (Phi) is 5.67. The van der Waals surface area contributed by atoms with E-state index in [9.17, 15) is 4.79 Å². The summed E-state index contributed by atoms with van der Waals surface area (Å²) >= 11 is 1.56. The van der Waals surface area contributed by atoms with Crippen molar-refractivity contribution >= 4 is 22.9 Å². The van der Waals surface area contributed by atoms with Crippen LogP contribution in [0.5, 0.6) is 5.75 Å². The van der Waals surface area contributed by atoms with Gasteiger partial charge in [-0.05, 0) is 40.8 Å². The molecule has 0 bridgehead atoms. The van der Waals surface area contributed by atoms with Crippen LogP contribution in [-0.4, -0.2) is 23.2 Å². The summed E-state index contributed by atoms with van der Waals surface area (Å²) in [5, 5.41) is 9.00. The maximum Gasteiger partial charge on any atom is 0.231 e. The van der Waals surface area contributed by atoms with Crippen LogP contribution in [-0.2, 0) is 17.6 Å². The Morgan fingerprint density at radius 3 is 2.69 bits per heavy atom. The van der Waals surface area contributed by atoms with Crippen LogP contribution in [0, 0.1) is 0 Å². The molecule has 6 nitrogen and oxygen atoms in total. The van der Waals surface area contributed by atoms with Crippen molar-refractivity contribution in [2.45, 2.75) is 12.8 Å². The van der Waals surface area contributed by atoms with E-state index in [2.05, 4.69) is 15.5 Å². The van der Waals surface area contributed by atoms with Gasteiger partial charge in [0.15, 0.2) is 0 Å². The van der Waals surface area contributed by atoms with Crippen LogP contribution in [0.3, 0.4) is 0 Å². The topological polar surface area (TPSA) is 77.2 Å². The fourth-order valence-corrected chi connectivity index (χ4v) is 3.56. The number of carbonyl (C=O) groups excluding carboxylic acids is 1. The van der Waals surface area contributed by atoms with E-state index in [4.69, 9.17) is 9.26 Å². The van der Waals surface area contributed by atoms with Crippen molar-refractivity contribution in [2.24, 2.45) is 0 Å². The average Bonchev–Trinajstić information content (AvgIpc) is 3.42. The third-order valence-corrected chi connectivity index (χ3v) is 5.23. The Labute approximate surface area is 172 Å². The normalized spacial score (nSPS) is 10.7. The summed E-state index contributed by atoms with van der Waals surface area (Å²) in [5.74, 6) is 1.76. The van der Waals surface area contributed by atoms with E-state index in [0.29, 0.717) is 18.1 Å². The van der Waals surface area contributed by atoms with Gasteiger partial charge in [-0.25, -0.2) is 0 Å². The predicted octanol–water partition coefficient (Wildman–Crippen LogP) is 4.58. The molecule has 0 fully saturated rings. The SMILES string of the molecule is COc1ccc(CC(=O)Nc2ccccc2Cc2nc(-c3cccs3)no2)cc1. The van der Waals surface area contributed by atoms with E-state index in [1.54, 1.807) is 18.4 Å². The minimum absolute atomic E-state index is 0.0904. The average molecular weight is 405 g/mol. The van der Waals surface area contributed by atoms with Crippen molar-refractivity contribution in [1.82, 2.24) is 10.1 Å². The van der Waals surface area contributed by atoms with Crippen molar-refractivity contribution in [3.63, 3.8) is 0 Å². The van der Waals surface area contributed by atoms with E-state index < -0.39 is 0 Å². The zero-order chi connectivity index (χ0) is 20.1. The lowest BCUT2D eigenvalue weighted by Gasteiger charge is -2.10. The number of carbonyl (C=O) groups is 1. The molecule has 4 rings (SSSR count). The number of benzene rings is 2. The molecule has 7 heteroatoms. The van der Waals surface area contributed by atoms with Gasteiger partial charge in [0.25, 0.3) is 0 Å². The number of anilines is 1. The summed E-state index contributed by atoms with van der Waals surface area (Å²) in [6, 6.07) is 19.0. The summed E-state index contributed by atoms with van der Waals surface area (Å²) < 4.78 is 10.5. The summed E-state index contributed by atoms with van der Waals surface area (Å²) in [4.78, 5) is 17.9. The number of hydrogen-bond acceptors (Lipinski definition) is 6. The lowest BCUT2D eigenvalue weighted by atomic mass is 10.1. The van der Waals surface area contributed by atoms with E-state index in [0.717, 1.165) is 27.4 Å². The molecule has 0 aliphatic carbocycles. The molecule has 0 unspecified atom stereocenters. The van der Waals surface area contributed by atoms with Crippen LogP contribution < -0.4 is 10.1 Å². The van der Waals surface area contributed by atoms with Crippen LogP contribution in [0.25, 0.3) is 10.7 Å². The molecule has 0 aliphatic rings. The molecule has 2 aromatic carbocycles. The molecule has 0 radical (unpaired) electrons. The predicted molar refractivity (Wildman–Crippen MR) is 112 cm³/mol. The van der Waals surface area contributed by atoms with Crippen molar-refractivity contribution in [3.8, 4) is 16.5 Å². The summed E-state index contributed by atoms with van der Waals surface area (Å²) in [5.41, 5.74) is 2.57. The molecular weight excluding hydrogens is 386 g/mol. The van der Waals surface area contributed by atoms with Crippen LogP contribution in [0.1, 0.15) is 17.0 Å². The number of nitrogens with zero attached hydrogens (tertiary/aromatic N) is 2. The van der Waals surface area contributed by atoms with Crippen LogP contribution >= 0.6 is 11.3 Å². The molecule has 1 amide bonds. The van der Waals surface area contributed by atoms with Crippen molar-refractivity contribution in [3.05, 3.63) is 83.1 Å². The minimum atomic E-state index is -0.0904. The molecule has 0 spiro atoms. The van der Waals surface area contributed by atoms with Crippen molar-refractivity contribution < 1.29 is 14.1 Å². The van der Waals surface area contributed by atoms with E-state index in [-0.39, 0.29) is 12.3 Å². The Bertz CT molecular complexity index is 1090. The number of rotatable bonds is 7. The van der Waals surface area contributed by atoms with Gasteiger partial charge in [-0.3, -0.25) is 4.79 Å². The zero-order valence-electron chi connectivity index (χ0n) is 15.8. The molecule has 0 saturated carbocycles. The number of para-hydroxylation sites is 1.